The number of hydrogen-bond acceptors (Lipinski definition) is 4. The fraction of sp³-hybridized carbons (Fsp3) is 0.714. The summed E-state index contributed by atoms with van der Waals surface area (Å²) in [4.78, 5) is 15.1. The number of nitrogens with zero attached hydrogens (tertiary/aromatic N) is 2. The van der Waals surface area contributed by atoms with Gasteiger partial charge in [-0.25, -0.2) is 4.98 Å². The van der Waals surface area contributed by atoms with Gasteiger partial charge < -0.3 is 14.4 Å². The molecule has 1 saturated carbocycles. The van der Waals surface area contributed by atoms with Crippen LogP contribution in [0.2, 0.25) is 0 Å². The Morgan fingerprint density at radius 1 is 1.60 bits per heavy atom. The second-order valence-corrected chi connectivity index (χ2v) is 6.32. The van der Waals surface area contributed by atoms with Crippen molar-refractivity contribution in [1.29, 1.82) is 0 Å². The molecule has 0 atom stereocenters. The lowest BCUT2D eigenvalue weighted by Crippen LogP contribution is -2.34. The van der Waals surface area contributed by atoms with Crippen molar-refractivity contribution in [2.75, 3.05) is 12.4 Å². The van der Waals surface area contributed by atoms with E-state index in [2.05, 4.69) is 23.4 Å². The number of aromatic nitrogens is 2. The van der Waals surface area contributed by atoms with Gasteiger partial charge in [-0.3, -0.25) is 4.79 Å². The van der Waals surface area contributed by atoms with Gasteiger partial charge in [-0.05, 0) is 25.7 Å². The molecule has 0 spiro atoms. The third-order valence-corrected chi connectivity index (χ3v) is 4.50. The normalized spacial score (nSPS) is 22.0. The van der Waals surface area contributed by atoms with E-state index < -0.39 is 5.97 Å². The minimum absolute atomic E-state index is 0.0517. The molecule has 0 bridgehead atoms. The van der Waals surface area contributed by atoms with Crippen LogP contribution in [0.1, 0.15) is 51.3 Å². The lowest BCUT2D eigenvalue weighted by Gasteiger charge is -2.37. The highest BCUT2D eigenvalue weighted by atomic mass is 32.2. The predicted molar refractivity (Wildman–Crippen MR) is 78.4 cm³/mol. The van der Waals surface area contributed by atoms with E-state index in [1.807, 2.05) is 13.1 Å². The van der Waals surface area contributed by atoms with Crippen molar-refractivity contribution in [2.24, 2.45) is 0 Å². The van der Waals surface area contributed by atoms with Crippen LogP contribution in [0.25, 0.3) is 0 Å². The lowest BCUT2D eigenvalue weighted by atomic mass is 9.88. The summed E-state index contributed by atoms with van der Waals surface area (Å²) in [7, 11) is 0. The molecule has 1 fully saturated rings. The van der Waals surface area contributed by atoms with Crippen molar-refractivity contribution in [3.05, 3.63) is 11.9 Å². The van der Waals surface area contributed by atoms with Crippen LogP contribution in [0.15, 0.2) is 11.4 Å². The zero-order valence-electron chi connectivity index (χ0n) is 12.2. The third kappa shape index (κ3) is 3.35. The number of thioether (sulfide) groups is 1. The van der Waals surface area contributed by atoms with E-state index in [1.165, 1.54) is 17.5 Å². The first kappa shape index (κ1) is 15.4. The average Bonchev–Trinajstić information content (AvgIpc) is 2.74. The first-order chi connectivity index (χ1) is 9.52. The first-order valence-corrected chi connectivity index (χ1v) is 8.04. The highest BCUT2D eigenvalue weighted by Crippen LogP contribution is 2.39. The number of carbonyl (C=O) groups is 1. The average molecular weight is 298 g/mol. The number of imidazole rings is 1. The first-order valence-electron chi connectivity index (χ1n) is 7.06. The SMILES string of the molecule is CCOC1CC(n2c(C(C)C)cnc2SCC(=O)O)C1. The summed E-state index contributed by atoms with van der Waals surface area (Å²) in [6.45, 7) is 7.03. The van der Waals surface area contributed by atoms with Gasteiger partial charge in [0, 0.05) is 24.5 Å². The van der Waals surface area contributed by atoms with Crippen LogP contribution in [-0.4, -0.2) is 39.1 Å². The van der Waals surface area contributed by atoms with E-state index in [9.17, 15) is 4.79 Å². The van der Waals surface area contributed by atoms with Gasteiger partial charge in [0.05, 0.1) is 11.9 Å². The molecule has 0 unspecified atom stereocenters. The van der Waals surface area contributed by atoms with E-state index in [-0.39, 0.29) is 5.75 Å². The topological polar surface area (TPSA) is 64.4 Å². The van der Waals surface area contributed by atoms with E-state index in [4.69, 9.17) is 9.84 Å². The van der Waals surface area contributed by atoms with Crippen LogP contribution in [0.5, 0.6) is 0 Å². The maximum Gasteiger partial charge on any atom is 0.313 e. The third-order valence-electron chi connectivity index (χ3n) is 3.55. The molecule has 1 aromatic heterocycles. The summed E-state index contributed by atoms with van der Waals surface area (Å²) < 4.78 is 7.83. The number of carboxylic acids is 1. The fourth-order valence-electron chi connectivity index (χ4n) is 2.50. The van der Waals surface area contributed by atoms with Crippen molar-refractivity contribution in [3.8, 4) is 0 Å². The molecule has 0 amide bonds. The van der Waals surface area contributed by atoms with Crippen molar-refractivity contribution in [2.45, 2.75) is 56.8 Å². The maximum absolute atomic E-state index is 10.7. The number of aliphatic carboxylic acids is 1. The van der Waals surface area contributed by atoms with Crippen molar-refractivity contribution >= 4 is 17.7 Å². The van der Waals surface area contributed by atoms with Gasteiger partial charge in [0.15, 0.2) is 5.16 Å². The summed E-state index contributed by atoms with van der Waals surface area (Å²) in [5.74, 6) is -0.375. The quantitative estimate of drug-likeness (QED) is 0.784. The molecule has 1 aliphatic carbocycles. The Morgan fingerprint density at radius 3 is 2.85 bits per heavy atom. The number of ether oxygens (including phenoxy) is 1. The van der Waals surface area contributed by atoms with Gasteiger partial charge in [-0.15, -0.1) is 0 Å². The van der Waals surface area contributed by atoms with Crippen LogP contribution in [0, 0.1) is 0 Å². The zero-order valence-corrected chi connectivity index (χ0v) is 13.0. The second kappa shape index (κ2) is 6.63. The molecule has 1 aromatic rings. The molecular weight excluding hydrogens is 276 g/mol. The minimum atomic E-state index is -0.809. The Balaban J connectivity index is 2.12. The Bertz CT molecular complexity index is 467. The van der Waals surface area contributed by atoms with Crippen molar-refractivity contribution < 1.29 is 14.6 Å². The van der Waals surface area contributed by atoms with Gasteiger partial charge in [0.1, 0.15) is 0 Å². The zero-order chi connectivity index (χ0) is 14.7. The van der Waals surface area contributed by atoms with Crippen LogP contribution >= 0.6 is 11.8 Å². The molecule has 0 aliphatic heterocycles. The van der Waals surface area contributed by atoms with Crippen molar-refractivity contribution in [1.82, 2.24) is 9.55 Å². The number of hydrogen-bond donors (Lipinski definition) is 1. The largest absolute Gasteiger partial charge is 0.481 e. The van der Waals surface area contributed by atoms with Gasteiger partial charge in [-0.1, -0.05) is 25.6 Å². The van der Waals surface area contributed by atoms with Crippen LogP contribution in [0.4, 0.5) is 0 Å². The Morgan fingerprint density at radius 2 is 2.30 bits per heavy atom. The van der Waals surface area contributed by atoms with Crippen LogP contribution < -0.4 is 0 Å². The van der Waals surface area contributed by atoms with Gasteiger partial charge in [-0.2, -0.15) is 0 Å². The molecule has 0 aromatic carbocycles. The van der Waals surface area contributed by atoms with Gasteiger partial charge in [0.25, 0.3) is 0 Å². The number of carboxylic acid groups (broad SMARTS) is 1. The summed E-state index contributed by atoms with van der Waals surface area (Å²) in [5.41, 5.74) is 1.18. The molecule has 0 saturated heterocycles. The standard InChI is InChI=1S/C14H22N2O3S/c1-4-19-11-5-10(6-11)16-12(9(2)3)7-15-14(16)20-8-13(17)18/h7,9-11H,4-6,8H2,1-3H3,(H,17,18). The van der Waals surface area contributed by atoms with Crippen molar-refractivity contribution in [3.63, 3.8) is 0 Å². The summed E-state index contributed by atoms with van der Waals surface area (Å²) >= 11 is 1.30. The van der Waals surface area contributed by atoms with E-state index >= 15 is 0 Å². The summed E-state index contributed by atoms with van der Waals surface area (Å²) in [5, 5.41) is 9.64. The van der Waals surface area contributed by atoms with Gasteiger partial charge >= 0.3 is 5.97 Å². The van der Waals surface area contributed by atoms with E-state index in [0.717, 1.165) is 24.6 Å². The fourth-order valence-corrected chi connectivity index (χ4v) is 3.28. The monoisotopic (exact) mass is 298 g/mol. The molecule has 2 rings (SSSR count). The highest BCUT2D eigenvalue weighted by Gasteiger charge is 2.34. The minimum Gasteiger partial charge on any atom is -0.481 e. The molecule has 1 N–H and O–H groups in total. The number of rotatable bonds is 7. The van der Waals surface area contributed by atoms with E-state index in [1.54, 1.807) is 0 Å². The molecule has 1 heterocycles. The molecule has 20 heavy (non-hydrogen) atoms. The van der Waals surface area contributed by atoms with Gasteiger partial charge in [0.2, 0.25) is 0 Å². The highest BCUT2D eigenvalue weighted by molar-refractivity contribution is 7.99. The Labute approximate surface area is 123 Å². The summed E-state index contributed by atoms with van der Waals surface area (Å²) in [6, 6.07) is 0.391. The van der Waals surface area contributed by atoms with Crippen LogP contribution in [-0.2, 0) is 9.53 Å². The maximum atomic E-state index is 10.7. The molecular formula is C14H22N2O3S. The molecule has 0 radical (unpaired) electrons. The lowest BCUT2D eigenvalue weighted by molar-refractivity contribution is -0.133. The smallest absolute Gasteiger partial charge is 0.313 e. The van der Waals surface area contributed by atoms with E-state index in [0.29, 0.717) is 18.1 Å². The molecule has 5 nitrogen and oxygen atoms in total. The van der Waals surface area contributed by atoms with Crippen LogP contribution in [0.3, 0.4) is 0 Å². The second-order valence-electron chi connectivity index (χ2n) is 5.38. The molecule has 6 heteroatoms. The Hall–Kier alpha value is -1.01. The summed E-state index contributed by atoms with van der Waals surface area (Å²) in [6.07, 6.45) is 4.20. The molecule has 112 valence electrons. The predicted octanol–water partition coefficient (Wildman–Crippen LogP) is 2.92. The molecule has 1 aliphatic rings. The Kier molecular flexibility index (Phi) is 5.10.